The van der Waals surface area contributed by atoms with Gasteiger partial charge in [0.15, 0.2) is 9.84 Å². The molecule has 21 heavy (non-hydrogen) atoms. The van der Waals surface area contributed by atoms with Crippen LogP contribution in [0.1, 0.15) is 45.6 Å². The summed E-state index contributed by atoms with van der Waals surface area (Å²) in [6, 6.07) is 7.76. The lowest BCUT2D eigenvalue weighted by Gasteiger charge is -2.46. The van der Waals surface area contributed by atoms with Crippen molar-refractivity contribution in [3.05, 3.63) is 29.8 Å². The zero-order valence-corrected chi connectivity index (χ0v) is 14.1. The van der Waals surface area contributed by atoms with Crippen molar-refractivity contribution in [1.82, 2.24) is 0 Å². The van der Waals surface area contributed by atoms with Crippen molar-refractivity contribution < 1.29 is 13.2 Å². The minimum atomic E-state index is -3.41. The van der Waals surface area contributed by atoms with Crippen molar-refractivity contribution in [1.29, 1.82) is 0 Å². The van der Waals surface area contributed by atoms with Gasteiger partial charge in [0.1, 0.15) is 5.25 Å². The molecule has 0 aromatic heterocycles. The normalized spacial score (nSPS) is 22.5. The van der Waals surface area contributed by atoms with E-state index in [4.69, 9.17) is 0 Å². The predicted octanol–water partition coefficient (Wildman–Crippen LogP) is 2.74. The molecule has 0 N–H and O–H groups in total. The Hall–Kier alpha value is -1.36. The number of amides is 1. The summed E-state index contributed by atoms with van der Waals surface area (Å²) in [7, 11) is -3.41. The van der Waals surface area contributed by atoms with Gasteiger partial charge in [0.25, 0.3) is 0 Å². The summed E-state index contributed by atoms with van der Waals surface area (Å²) in [5.41, 5.74) is 1.54. The van der Waals surface area contributed by atoms with Gasteiger partial charge in [-0.1, -0.05) is 25.1 Å². The number of carbonyl (C=O) groups is 1. The molecular weight excluding hydrogens is 286 g/mol. The molecule has 1 aromatic rings. The Morgan fingerprint density at radius 3 is 2.48 bits per heavy atom. The molecule has 1 amide bonds. The lowest BCUT2D eigenvalue weighted by Crippen LogP contribution is -2.55. The number of hydrogen-bond donors (Lipinski definition) is 0. The minimum absolute atomic E-state index is 0.341. The number of benzene rings is 1. The van der Waals surface area contributed by atoms with Crippen LogP contribution in [-0.2, 0) is 14.6 Å². The maximum Gasteiger partial charge on any atom is 0.245 e. The molecule has 0 radical (unpaired) electrons. The second kappa shape index (κ2) is 5.13. The van der Waals surface area contributed by atoms with Crippen LogP contribution in [0.3, 0.4) is 0 Å². The largest absolute Gasteiger partial charge is 0.305 e. The molecule has 0 unspecified atom stereocenters. The van der Waals surface area contributed by atoms with Crippen LogP contribution in [0.25, 0.3) is 0 Å². The van der Waals surface area contributed by atoms with Crippen molar-refractivity contribution in [3.63, 3.8) is 0 Å². The average Bonchev–Trinajstić information content (AvgIpc) is 2.35. The molecule has 1 heterocycles. The highest BCUT2D eigenvalue weighted by atomic mass is 32.2. The number of nitrogens with zero attached hydrogens (tertiary/aromatic N) is 1. The van der Waals surface area contributed by atoms with Gasteiger partial charge in [-0.25, -0.2) is 8.42 Å². The molecule has 0 saturated heterocycles. The SMILES string of the molecule is C[C@H](C(=O)N1c2ccccc2[C@@H](C)CC1(C)C)S(C)(=O)=O. The maximum atomic E-state index is 12.8. The molecule has 1 aliphatic heterocycles. The first-order valence-electron chi connectivity index (χ1n) is 7.17. The molecule has 0 bridgehead atoms. The number of carbonyl (C=O) groups excluding carboxylic acids is 1. The Balaban J connectivity index is 2.55. The predicted molar refractivity (Wildman–Crippen MR) is 85.3 cm³/mol. The molecule has 116 valence electrons. The number of rotatable bonds is 2. The van der Waals surface area contributed by atoms with Crippen molar-refractivity contribution in [2.24, 2.45) is 0 Å². The second-order valence-electron chi connectivity index (χ2n) is 6.62. The number of hydrogen-bond acceptors (Lipinski definition) is 3. The molecular formula is C16H23NO3S. The lowest BCUT2D eigenvalue weighted by molar-refractivity contribution is -0.119. The lowest BCUT2D eigenvalue weighted by atomic mass is 9.80. The fourth-order valence-corrected chi connectivity index (χ4v) is 3.64. The van der Waals surface area contributed by atoms with E-state index in [1.165, 1.54) is 6.92 Å². The van der Waals surface area contributed by atoms with Crippen LogP contribution in [0.4, 0.5) is 5.69 Å². The fraction of sp³-hybridized carbons (Fsp3) is 0.562. The monoisotopic (exact) mass is 309 g/mol. The molecule has 5 heteroatoms. The molecule has 2 atom stereocenters. The van der Waals surface area contributed by atoms with Crippen LogP contribution in [0.15, 0.2) is 24.3 Å². The third-order valence-electron chi connectivity index (χ3n) is 4.33. The first kappa shape index (κ1) is 16.0. The Kier molecular flexibility index (Phi) is 3.91. The molecule has 0 fully saturated rings. The van der Waals surface area contributed by atoms with Gasteiger partial charge < -0.3 is 4.90 Å². The quantitative estimate of drug-likeness (QED) is 0.844. The zero-order valence-electron chi connectivity index (χ0n) is 13.3. The minimum Gasteiger partial charge on any atom is -0.305 e. The Morgan fingerprint density at radius 2 is 1.90 bits per heavy atom. The van der Waals surface area contributed by atoms with Gasteiger partial charge in [-0.15, -0.1) is 0 Å². The average molecular weight is 309 g/mol. The van der Waals surface area contributed by atoms with Crippen molar-refractivity contribution in [3.8, 4) is 0 Å². The van der Waals surface area contributed by atoms with E-state index in [9.17, 15) is 13.2 Å². The second-order valence-corrected chi connectivity index (χ2v) is 8.99. The summed E-state index contributed by atoms with van der Waals surface area (Å²) >= 11 is 0. The van der Waals surface area contributed by atoms with Crippen molar-refractivity contribution in [2.45, 2.75) is 50.8 Å². The van der Waals surface area contributed by atoms with E-state index < -0.39 is 20.6 Å². The summed E-state index contributed by atoms with van der Waals surface area (Å²) < 4.78 is 23.5. The first-order valence-corrected chi connectivity index (χ1v) is 9.13. The molecule has 1 aromatic carbocycles. The van der Waals surface area contributed by atoms with Gasteiger partial charge in [-0.3, -0.25) is 4.79 Å². The van der Waals surface area contributed by atoms with Gasteiger partial charge in [-0.05, 0) is 44.7 Å². The summed E-state index contributed by atoms with van der Waals surface area (Å²) in [6.45, 7) is 7.59. The van der Waals surface area contributed by atoms with Crippen molar-refractivity contribution in [2.75, 3.05) is 11.2 Å². The maximum absolute atomic E-state index is 12.8. The van der Waals surface area contributed by atoms with E-state index in [-0.39, 0.29) is 5.91 Å². The third kappa shape index (κ3) is 2.84. The Morgan fingerprint density at radius 1 is 1.33 bits per heavy atom. The summed E-state index contributed by atoms with van der Waals surface area (Å²) in [6.07, 6.45) is 1.92. The smallest absolute Gasteiger partial charge is 0.245 e. The zero-order chi connectivity index (χ0) is 16.0. The van der Waals surface area contributed by atoms with E-state index in [1.54, 1.807) is 4.90 Å². The molecule has 0 spiro atoms. The Bertz CT molecular complexity index is 664. The van der Waals surface area contributed by atoms with Crippen LogP contribution >= 0.6 is 0 Å². The summed E-state index contributed by atoms with van der Waals surface area (Å²) in [4.78, 5) is 14.5. The number of sulfone groups is 1. The number of anilines is 1. The van der Waals surface area contributed by atoms with Crippen LogP contribution in [0, 0.1) is 0 Å². The number of fused-ring (bicyclic) bond motifs is 1. The molecule has 0 saturated carbocycles. The molecule has 4 nitrogen and oxygen atoms in total. The van der Waals surface area contributed by atoms with E-state index in [2.05, 4.69) is 6.92 Å². The van der Waals surface area contributed by atoms with Gasteiger partial charge in [0.05, 0.1) is 0 Å². The standard InChI is InChI=1S/C16H23NO3S/c1-11-10-16(3,4)17(14-9-7-6-8-13(11)14)15(18)12(2)21(5,19)20/h6-9,11-12H,10H2,1-5H3/t11-,12+/m0/s1. The first-order chi connectivity index (χ1) is 9.55. The van der Waals surface area contributed by atoms with E-state index in [0.717, 1.165) is 23.9 Å². The molecule has 1 aliphatic rings. The van der Waals surface area contributed by atoms with Crippen molar-refractivity contribution >= 4 is 21.4 Å². The van der Waals surface area contributed by atoms with Gasteiger partial charge in [0.2, 0.25) is 5.91 Å². The fourth-order valence-electron chi connectivity index (χ4n) is 3.17. The van der Waals surface area contributed by atoms with E-state index in [1.807, 2.05) is 38.1 Å². The third-order valence-corrected chi connectivity index (χ3v) is 5.82. The Labute approximate surface area is 127 Å². The topological polar surface area (TPSA) is 54.5 Å². The van der Waals surface area contributed by atoms with Gasteiger partial charge in [0, 0.05) is 17.5 Å². The highest BCUT2D eigenvalue weighted by Gasteiger charge is 2.42. The summed E-state index contributed by atoms with van der Waals surface area (Å²) in [5.74, 6) is -0.00404. The number of para-hydroxylation sites is 1. The van der Waals surface area contributed by atoms with Gasteiger partial charge >= 0.3 is 0 Å². The van der Waals surface area contributed by atoms with Crippen LogP contribution in [-0.4, -0.2) is 31.4 Å². The molecule has 2 rings (SSSR count). The van der Waals surface area contributed by atoms with E-state index >= 15 is 0 Å². The van der Waals surface area contributed by atoms with Crippen LogP contribution in [0.5, 0.6) is 0 Å². The van der Waals surface area contributed by atoms with E-state index in [0.29, 0.717) is 5.92 Å². The molecule has 0 aliphatic carbocycles. The van der Waals surface area contributed by atoms with Crippen LogP contribution < -0.4 is 4.90 Å². The highest BCUT2D eigenvalue weighted by Crippen LogP contribution is 2.43. The van der Waals surface area contributed by atoms with Crippen LogP contribution in [0.2, 0.25) is 0 Å². The summed E-state index contributed by atoms with van der Waals surface area (Å²) in [5, 5.41) is -1.03. The highest BCUT2D eigenvalue weighted by molar-refractivity contribution is 7.92. The van der Waals surface area contributed by atoms with Gasteiger partial charge in [-0.2, -0.15) is 0 Å².